The number of rotatable bonds is 4. The Labute approximate surface area is 119 Å². The lowest BCUT2D eigenvalue weighted by Crippen LogP contribution is -2.43. The van der Waals surface area contributed by atoms with Crippen molar-refractivity contribution in [2.45, 2.75) is 49.3 Å². The van der Waals surface area contributed by atoms with E-state index in [0.717, 1.165) is 5.25 Å². The largest absolute Gasteiger partial charge is 0.313 e. The Hall–Kier alpha value is -0.540. The minimum Gasteiger partial charge on any atom is -0.313 e. The van der Waals surface area contributed by atoms with Crippen LogP contribution in [0.4, 0.5) is 4.39 Å². The summed E-state index contributed by atoms with van der Waals surface area (Å²) in [6.45, 7) is 1.17. The quantitative estimate of drug-likeness (QED) is 0.895. The lowest BCUT2D eigenvalue weighted by Gasteiger charge is -2.37. The van der Waals surface area contributed by atoms with Crippen molar-refractivity contribution < 1.29 is 4.39 Å². The summed E-state index contributed by atoms with van der Waals surface area (Å²) in [7, 11) is 0. The van der Waals surface area contributed by atoms with Crippen molar-refractivity contribution in [1.29, 1.82) is 0 Å². The predicted molar refractivity (Wildman–Crippen MR) is 80.3 cm³/mol. The Balaban J connectivity index is 1.39. The third kappa shape index (κ3) is 3.51. The first-order valence-electron chi connectivity index (χ1n) is 7.42. The SMILES string of the molecule is Fc1ccc(C2CC(NCC3CCCCS3)C2)cc1. The van der Waals surface area contributed by atoms with Gasteiger partial charge in [0.15, 0.2) is 0 Å². The van der Waals surface area contributed by atoms with Crippen LogP contribution in [0.3, 0.4) is 0 Å². The van der Waals surface area contributed by atoms with Crippen LogP contribution in [0.1, 0.15) is 43.6 Å². The second-order valence-corrected chi connectivity index (χ2v) is 7.22. The number of benzene rings is 1. The smallest absolute Gasteiger partial charge is 0.123 e. The van der Waals surface area contributed by atoms with Gasteiger partial charge in [0, 0.05) is 17.8 Å². The lowest BCUT2D eigenvalue weighted by molar-refractivity contribution is 0.290. The van der Waals surface area contributed by atoms with Crippen molar-refractivity contribution in [3.05, 3.63) is 35.6 Å². The first-order valence-corrected chi connectivity index (χ1v) is 8.46. The molecule has 1 atom stereocenters. The standard InChI is InChI=1S/C16H22FNS/c17-14-6-4-12(5-7-14)13-9-15(10-13)18-11-16-3-1-2-8-19-16/h4-7,13,15-16,18H,1-3,8-11H2. The van der Waals surface area contributed by atoms with Crippen LogP contribution >= 0.6 is 11.8 Å². The van der Waals surface area contributed by atoms with E-state index in [-0.39, 0.29) is 5.82 Å². The minimum absolute atomic E-state index is 0.132. The number of hydrogen-bond donors (Lipinski definition) is 1. The average Bonchev–Trinajstić information content (AvgIpc) is 2.40. The molecule has 3 rings (SSSR count). The van der Waals surface area contributed by atoms with Gasteiger partial charge in [0.2, 0.25) is 0 Å². The van der Waals surface area contributed by atoms with Crippen LogP contribution in [0, 0.1) is 5.82 Å². The van der Waals surface area contributed by atoms with Crippen LogP contribution in [-0.2, 0) is 0 Å². The van der Waals surface area contributed by atoms with Crippen LogP contribution in [0.5, 0.6) is 0 Å². The van der Waals surface area contributed by atoms with Crippen molar-refractivity contribution in [3.63, 3.8) is 0 Å². The van der Waals surface area contributed by atoms with E-state index in [2.05, 4.69) is 17.1 Å². The molecule has 19 heavy (non-hydrogen) atoms. The predicted octanol–water partition coefficient (Wildman–Crippen LogP) is 3.95. The monoisotopic (exact) mass is 279 g/mol. The van der Waals surface area contributed by atoms with Gasteiger partial charge in [-0.05, 0) is 55.1 Å². The molecule has 1 nitrogen and oxygen atoms in total. The molecule has 1 saturated heterocycles. The molecule has 0 spiro atoms. The zero-order chi connectivity index (χ0) is 13.1. The molecule has 3 heteroatoms. The Morgan fingerprint density at radius 2 is 1.95 bits per heavy atom. The maximum atomic E-state index is 12.9. The van der Waals surface area contributed by atoms with Gasteiger partial charge >= 0.3 is 0 Å². The van der Waals surface area contributed by atoms with E-state index in [1.54, 1.807) is 12.1 Å². The van der Waals surface area contributed by atoms with Gasteiger partial charge in [-0.15, -0.1) is 0 Å². The summed E-state index contributed by atoms with van der Waals surface area (Å²) in [5, 5.41) is 4.54. The normalized spacial score (nSPS) is 30.9. The first kappa shape index (κ1) is 13.4. The Morgan fingerprint density at radius 3 is 2.63 bits per heavy atom. The fourth-order valence-electron chi connectivity index (χ4n) is 3.06. The van der Waals surface area contributed by atoms with Crippen LogP contribution in [-0.4, -0.2) is 23.6 Å². The molecule has 1 aromatic rings. The van der Waals surface area contributed by atoms with Gasteiger partial charge in [0.05, 0.1) is 0 Å². The minimum atomic E-state index is -0.132. The van der Waals surface area contributed by atoms with Gasteiger partial charge in [-0.25, -0.2) is 4.39 Å². The van der Waals surface area contributed by atoms with Gasteiger partial charge in [0.25, 0.3) is 0 Å². The highest BCUT2D eigenvalue weighted by Gasteiger charge is 2.30. The Bertz CT molecular complexity index is 394. The molecule has 1 unspecified atom stereocenters. The van der Waals surface area contributed by atoms with Crippen LogP contribution in [0.25, 0.3) is 0 Å². The van der Waals surface area contributed by atoms with Gasteiger partial charge in [-0.2, -0.15) is 11.8 Å². The molecule has 2 fully saturated rings. The van der Waals surface area contributed by atoms with Crippen LogP contribution < -0.4 is 5.32 Å². The zero-order valence-corrected chi connectivity index (χ0v) is 12.1. The van der Waals surface area contributed by atoms with Gasteiger partial charge in [-0.1, -0.05) is 18.6 Å². The van der Waals surface area contributed by atoms with E-state index in [1.165, 1.54) is 50.0 Å². The summed E-state index contributed by atoms with van der Waals surface area (Å²) in [6, 6.07) is 7.71. The summed E-state index contributed by atoms with van der Waals surface area (Å²) in [4.78, 5) is 0. The molecule has 1 saturated carbocycles. The topological polar surface area (TPSA) is 12.0 Å². The van der Waals surface area contributed by atoms with E-state index in [4.69, 9.17) is 0 Å². The van der Waals surface area contributed by atoms with E-state index in [1.807, 2.05) is 12.1 Å². The third-order valence-electron chi connectivity index (χ3n) is 4.39. The molecule has 0 amide bonds. The molecule has 1 N–H and O–H groups in total. The summed E-state index contributed by atoms with van der Waals surface area (Å²) in [6.07, 6.45) is 6.61. The molecule has 2 aliphatic rings. The number of halogens is 1. The highest BCUT2D eigenvalue weighted by atomic mass is 32.2. The zero-order valence-electron chi connectivity index (χ0n) is 11.3. The summed E-state index contributed by atoms with van der Waals surface area (Å²) >= 11 is 2.13. The molecule has 1 heterocycles. The molecule has 0 radical (unpaired) electrons. The van der Waals surface area contributed by atoms with Crippen LogP contribution in [0.15, 0.2) is 24.3 Å². The average molecular weight is 279 g/mol. The molecular weight excluding hydrogens is 257 g/mol. The highest BCUT2D eigenvalue weighted by Crippen LogP contribution is 2.37. The van der Waals surface area contributed by atoms with Crippen molar-refractivity contribution >= 4 is 11.8 Å². The van der Waals surface area contributed by atoms with Gasteiger partial charge in [-0.3, -0.25) is 0 Å². The fraction of sp³-hybridized carbons (Fsp3) is 0.625. The molecule has 0 bridgehead atoms. The molecular formula is C16H22FNS. The van der Waals surface area contributed by atoms with E-state index in [0.29, 0.717) is 12.0 Å². The summed E-state index contributed by atoms with van der Waals surface area (Å²) in [5.41, 5.74) is 1.30. The molecule has 1 aliphatic heterocycles. The molecule has 1 aliphatic carbocycles. The van der Waals surface area contributed by atoms with Gasteiger partial charge < -0.3 is 5.32 Å². The van der Waals surface area contributed by atoms with Crippen molar-refractivity contribution in [2.24, 2.45) is 0 Å². The summed E-state index contributed by atoms with van der Waals surface area (Å²) in [5.74, 6) is 1.85. The Morgan fingerprint density at radius 1 is 1.16 bits per heavy atom. The lowest BCUT2D eigenvalue weighted by atomic mass is 9.76. The molecule has 104 valence electrons. The maximum absolute atomic E-state index is 12.9. The van der Waals surface area contributed by atoms with Crippen molar-refractivity contribution in [2.75, 3.05) is 12.3 Å². The van der Waals surface area contributed by atoms with E-state index < -0.39 is 0 Å². The number of hydrogen-bond acceptors (Lipinski definition) is 2. The maximum Gasteiger partial charge on any atom is 0.123 e. The molecule has 1 aromatic carbocycles. The summed E-state index contributed by atoms with van der Waals surface area (Å²) < 4.78 is 12.9. The Kier molecular flexibility index (Phi) is 4.44. The number of nitrogens with one attached hydrogen (secondary N) is 1. The first-order chi connectivity index (χ1) is 9.31. The van der Waals surface area contributed by atoms with E-state index in [9.17, 15) is 4.39 Å². The van der Waals surface area contributed by atoms with E-state index >= 15 is 0 Å². The van der Waals surface area contributed by atoms with Gasteiger partial charge in [0.1, 0.15) is 5.82 Å². The van der Waals surface area contributed by atoms with Crippen molar-refractivity contribution in [3.8, 4) is 0 Å². The van der Waals surface area contributed by atoms with Crippen molar-refractivity contribution in [1.82, 2.24) is 5.32 Å². The second-order valence-electron chi connectivity index (χ2n) is 5.81. The fourth-order valence-corrected chi connectivity index (χ4v) is 4.31. The third-order valence-corrected chi connectivity index (χ3v) is 5.79. The highest BCUT2D eigenvalue weighted by molar-refractivity contribution is 7.99. The number of thioether (sulfide) groups is 1. The van der Waals surface area contributed by atoms with Crippen LogP contribution in [0.2, 0.25) is 0 Å². The second kappa shape index (κ2) is 6.27. The molecule has 0 aromatic heterocycles.